The van der Waals surface area contributed by atoms with Gasteiger partial charge >= 0.3 is 0 Å². The van der Waals surface area contributed by atoms with E-state index >= 15 is 0 Å². The molecule has 0 bridgehead atoms. The second-order valence-corrected chi connectivity index (χ2v) is 6.62. The van der Waals surface area contributed by atoms with Gasteiger partial charge in [0.1, 0.15) is 5.82 Å². The van der Waals surface area contributed by atoms with Crippen molar-refractivity contribution in [2.45, 2.75) is 13.5 Å². The summed E-state index contributed by atoms with van der Waals surface area (Å²) in [6.07, 6.45) is 0. The Kier molecular flexibility index (Phi) is 6.58. The fourth-order valence-electron chi connectivity index (χ4n) is 2.72. The summed E-state index contributed by atoms with van der Waals surface area (Å²) < 4.78 is 12.9. The van der Waals surface area contributed by atoms with E-state index in [1.165, 1.54) is 12.1 Å². The van der Waals surface area contributed by atoms with Crippen molar-refractivity contribution in [1.29, 1.82) is 0 Å². The zero-order chi connectivity index (χ0) is 20.6. The molecule has 6 heteroatoms. The van der Waals surface area contributed by atoms with E-state index in [0.717, 1.165) is 11.1 Å². The van der Waals surface area contributed by atoms with Gasteiger partial charge in [-0.05, 0) is 48.9 Å². The topological polar surface area (TPSA) is 70.2 Å². The van der Waals surface area contributed by atoms with E-state index in [4.69, 9.17) is 0 Å². The number of hydrogen-bond acceptors (Lipinski definition) is 3. The summed E-state index contributed by atoms with van der Waals surface area (Å²) in [7, 11) is 0. The van der Waals surface area contributed by atoms with Gasteiger partial charge in [0, 0.05) is 12.2 Å². The van der Waals surface area contributed by atoms with Gasteiger partial charge in [-0.1, -0.05) is 42.0 Å². The van der Waals surface area contributed by atoms with Crippen molar-refractivity contribution in [2.24, 2.45) is 0 Å². The van der Waals surface area contributed by atoms with Crippen LogP contribution < -0.4 is 16.0 Å². The first-order chi connectivity index (χ1) is 14.0. The van der Waals surface area contributed by atoms with Gasteiger partial charge in [-0.2, -0.15) is 0 Å². The number of halogens is 1. The highest BCUT2D eigenvalue weighted by Gasteiger charge is 2.13. The minimum atomic E-state index is -0.342. The molecule has 0 aliphatic rings. The van der Waals surface area contributed by atoms with Gasteiger partial charge in [-0.15, -0.1) is 0 Å². The molecular weight excluding hydrogens is 369 g/mol. The Morgan fingerprint density at radius 3 is 2.31 bits per heavy atom. The first-order valence-corrected chi connectivity index (χ1v) is 9.23. The van der Waals surface area contributed by atoms with E-state index in [2.05, 4.69) is 16.0 Å². The Bertz CT molecular complexity index is 986. The molecule has 0 atom stereocenters. The van der Waals surface area contributed by atoms with E-state index in [1.807, 2.05) is 31.2 Å². The van der Waals surface area contributed by atoms with Crippen LogP contribution in [0.5, 0.6) is 0 Å². The number of carbonyl (C=O) groups excluding carboxylic acids is 2. The summed E-state index contributed by atoms with van der Waals surface area (Å²) in [6, 6.07) is 20.5. The van der Waals surface area contributed by atoms with Gasteiger partial charge in [0.05, 0.1) is 17.8 Å². The number of aryl methyl sites for hydroxylation is 1. The zero-order valence-corrected chi connectivity index (χ0v) is 16.0. The Labute approximate surface area is 169 Å². The molecule has 29 heavy (non-hydrogen) atoms. The summed E-state index contributed by atoms with van der Waals surface area (Å²) >= 11 is 0. The van der Waals surface area contributed by atoms with Crippen molar-refractivity contribution in [3.8, 4) is 0 Å². The van der Waals surface area contributed by atoms with Crippen molar-refractivity contribution in [3.63, 3.8) is 0 Å². The van der Waals surface area contributed by atoms with Crippen LogP contribution >= 0.6 is 0 Å². The quantitative estimate of drug-likeness (QED) is 0.568. The van der Waals surface area contributed by atoms with Crippen molar-refractivity contribution in [3.05, 3.63) is 95.3 Å². The molecule has 0 unspecified atom stereocenters. The van der Waals surface area contributed by atoms with E-state index in [0.29, 0.717) is 23.5 Å². The van der Waals surface area contributed by atoms with Gasteiger partial charge < -0.3 is 16.0 Å². The predicted molar refractivity (Wildman–Crippen MR) is 112 cm³/mol. The lowest BCUT2D eigenvalue weighted by Gasteiger charge is -2.12. The minimum Gasteiger partial charge on any atom is -0.376 e. The van der Waals surface area contributed by atoms with Crippen LogP contribution in [0.2, 0.25) is 0 Å². The number of anilines is 2. The minimum absolute atomic E-state index is 0.00898. The number of carbonyl (C=O) groups is 2. The maximum Gasteiger partial charge on any atom is 0.253 e. The molecule has 0 aliphatic carbocycles. The standard InChI is InChI=1S/C23H22FN3O2/c1-16-6-8-17(9-7-16)14-26-23(29)20-4-2-3-5-21(20)27-22(28)15-25-19-12-10-18(24)11-13-19/h2-13,25H,14-15H2,1H3,(H,26,29)(H,27,28). The van der Waals surface area contributed by atoms with Gasteiger partial charge in [0.2, 0.25) is 5.91 Å². The lowest BCUT2D eigenvalue weighted by Crippen LogP contribution is -2.26. The van der Waals surface area contributed by atoms with E-state index in [1.54, 1.807) is 36.4 Å². The molecule has 3 aromatic rings. The highest BCUT2D eigenvalue weighted by atomic mass is 19.1. The molecule has 0 fully saturated rings. The first-order valence-electron chi connectivity index (χ1n) is 9.23. The van der Waals surface area contributed by atoms with Gasteiger partial charge in [-0.25, -0.2) is 4.39 Å². The van der Waals surface area contributed by atoms with Crippen LogP contribution in [0.15, 0.2) is 72.8 Å². The lowest BCUT2D eigenvalue weighted by molar-refractivity contribution is -0.114. The third-order valence-corrected chi connectivity index (χ3v) is 4.32. The summed E-state index contributed by atoms with van der Waals surface area (Å²) in [6.45, 7) is 2.39. The summed E-state index contributed by atoms with van der Waals surface area (Å²) in [5.41, 5.74) is 3.59. The van der Waals surface area contributed by atoms with Crippen LogP contribution in [-0.2, 0) is 11.3 Å². The molecule has 0 heterocycles. The molecule has 0 spiro atoms. The normalized spacial score (nSPS) is 10.3. The van der Waals surface area contributed by atoms with E-state index < -0.39 is 0 Å². The zero-order valence-electron chi connectivity index (χ0n) is 16.0. The van der Waals surface area contributed by atoms with Crippen molar-refractivity contribution < 1.29 is 14.0 Å². The molecular formula is C23H22FN3O2. The summed E-state index contributed by atoms with van der Waals surface area (Å²) in [5.74, 6) is -0.924. The maximum absolute atomic E-state index is 12.9. The van der Waals surface area contributed by atoms with E-state index in [-0.39, 0.29) is 24.2 Å². The highest BCUT2D eigenvalue weighted by Crippen LogP contribution is 2.15. The molecule has 148 valence electrons. The molecule has 0 radical (unpaired) electrons. The molecule has 2 amide bonds. The van der Waals surface area contributed by atoms with Crippen LogP contribution in [0.25, 0.3) is 0 Å². The monoisotopic (exact) mass is 391 g/mol. The van der Waals surface area contributed by atoms with Gasteiger partial charge in [0.15, 0.2) is 0 Å². The third kappa shape index (κ3) is 5.90. The fourth-order valence-corrected chi connectivity index (χ4v) is 2.72. The van der Waals surface area contributed by atoms with Crippen molar-refractivity contribution in [1.82, 2.24) is 5.32 Å². The molecule has 0 saturated carbocycles. The summed E-state index contributed by atoms with van der Waals surface area (Å²) in [4.78, 5) is 24.8. The SMILES string of the molecule is Cc1ccc(CNC(=O)c2ccccc2NC(=O)CNc2ccc(F)cc2)cc1. The molecule has 0 aromatic heterocycles. The maximum atomic E-state index is 12.9. The first kappa shape index (κ1) is 20.1. The van der Waals surface area contributed by atoms with Crippen molar-refractivity contribution >= 4 is 23.2 Å². The molecule has 5 nitrogen and oxygen atoms in total. The van der Waals surface area contributed by atoms with Crippen LogP contribution in [-0.4, -0.2) is 18.4 Å². The van der Waals surface area contributed by atoms with Crippen LogP contribution in [0.1, 0.15) is 21.5 Å². The van der Waals surface area contributed by atoms with Gasteiger partial charge in [-0.3, -0.25) is 9.59 Å². The Morgan fingerprint density at radius 1 is 0.897 bits per heavy atom. The number of nitrogens with one attached hydrogen (secondary N) is 3. The second-order valence-electron chi connectivity index (χ2n) is 6.62. The molecule has 0 aliphatic heterocycles. The lowest BCUT2D eigenvalue weighted by atomic mass is 10.1. The average Bonchev–Trinajstić information content (AvgIpc) is 2.73. The predicted octanol–water partition coefficient (Wildman–Crippen LogP) is 4.11. The number of benzene rings is 3. The average molecular weight is 391 g/mol. The number of para-hydroxylation sites is 1. The summed E-state index contributed by atoms with van der Waals surface area (Å²) in [5, 5.41) is 8.52. The molecule has 3 aromatic carbocycles. The Morgan fingerprint density at radius 2 is 1.59 bits per heavy atom. The fraction of sp³-hybridized carbons (Fsp3) is 0.130. The Balaban J connectivity index is 1.58. The Hall–Kier alpha value is -3.67. The van der Waals surface area contributed by atoms with Crippen LogP contribution in [0.4, 0.5) is 15.8 Å². The number of amides is 2. The van der Waals surface area contributed by atoms with Gasteiger partial charge in [0.25, 0.3) is 5.91 Å². The van der Waals surface area contributed by atoms with Crippen LogP contribution in [0, 0.1) is 12.7 Å². The number of hydrogen-bond donors (Lipinski definition) is 3. The van der Waals surface area contributed by atoms with Crippen molar-refractivity contribution in [2.75, 3.05) is 17.2 Å². The number of rotatable bonds is 7. The molecule has 3 N–H and O–H groups in total. The second kappa shape index (κ2) is 9.50. The highest BCUT2D eigenvalue weighted by molar-refractivity contribution is 6.04. The molecule has 0 saturated heterocycles. The smallest absolute Gasteiger partial charge is 0.253 e. The van der Waals surface area contributed by atoms with Crippen LogP contribution in [0.3, 0.4) is 0 Å². The molecule has 3 rings (SSSR count). The third-order valence-electron chi connectivity index (χ3n) is 4.32. The largest absolute Gasteiger partial charge is 0.376 e. The van der Waals surface area contributed by atoms with E-state index in [9.17, 15) is 14.0 Å².